The van der Waals surface area contributed by atoms with E-state index in [4.69, 9.17) is 5.11 Å². The minimum atomic E-state index is 0.238. The highest BCUT2D eigenvalue weighted by Gasteiger charge is 1.98. The molecule has 0 spiro atoms. The summed E-state index contributed by atoms with van der Waals surface area (Å²) in [6.45, 7) is 0. The summed E-state index contributed by atoms with van der Waals surface area (Å²) < 4.78 is 0. The molecule has 59 valence electrons. The van der Waals surface area contributed by atoms with Crippen molar-refractivity contribution in [1.82, 2.24) is 15.2 Å². The van der Waals surface area contributed by atoms with Crippen molar-refractivity contribution in [3.8, 4) is 17.1 Å². The van der Waals surface area contributed by atoms with Crippen LogP contribution in [0.4, 0.5) is 0 Å². The fourth-order valence-corrected chi connectivity index (χ4v) is 0.926. The zero-order valence-corrected chi connectivity index (χ0v) is 6.15. The van der Waals surface area contributed by atoms with Gasteiger partial charge in [0.1, 0.15) is 5.75 Å². The summed E-state index contributed by atoms with van der Waals surface area (Å²) >= 11 is 0. The van der Waals surface area contributed by atoms with Crippen LogP contribution in [-0.4, -0.2) is 20.3 Å². The van der Waals surface area contributed by atoms with Crippen LogP contribution in [0, 0.1) is 6.33 Å². The Morgan fingerprint density at radius 1 is 1.25 bits per heavy atom. The molecule has 12 heavy (non-hydrogen) atoms. The lowest BCUT2D eigenvalue weighted by molar-refractivity contribution is 0.475. The predicted molar refractivity (Wildman–Crippen MR) is 42.3 cm³/mol. The highest BCUT2D eigenvalue weighted by Crippen LogP contribution is 2.16. The molecular formula is C8H6N3O. The molecule has 0 unspecified atom stereocenters. The standard InChI is InChI=1S/C8H6N3O/c12-7-3-1-6(2-4-7)8-9-5-10-11-8/h1-4,12H,(H,9,10,11). The number of hydrogen-bond donors (Lipinski definition) is 2. The van der Waals surface area contributed by atoms with Crippen molar-refractivity contribution in [2.75, 3.05) is 0 Å². The van der Waals surface area contributed by atoms with Gasteiger partial charge in [0.15, 0.2) is 5.82 Å². The molecule has 2 N–H and O–H groups in total. The van der Waals surface area contributed by atoms with E-state index in [0.717, 1.165) is 5.56 Å². The van der Waals surface area contributed by atoms with Gasteiger partial charge in [-0.2, -0.15) is 0 Å². The first kappa shape index (κ1) is 6.84. The molecule has 0 fully saturated rings. The number of benzene rings is 1. The molecule has 4 heteroatoms. The van der Waals surface area contributed by atoms with Gasteiger partial charge in [-0.15, -0.1) is 5.10 Å². The molecule has 1 radical (unpaired) electrons. The maximum atomic E-state index is 9.00. The molecule has 0 aliphatic rings. The number of phenolic OH excluding ortho intramolecular Hbond substituents is 1. The normalized spacial score (nSPS) is 10.0. The van der Waals surface area contributed by atoms with Crippen LogP contribution < -0.4 is 0 Å². The second-order valence-electron chi connectivity index (χ2n) is 2.33. The third-order valence-corrected chi connectivity index (χ3v) is 1.51. The van der Waals surface area contributed by atoms with Gasteiger partial charge in [-0.25, -0.2) is 4.98 Å². The molecule has 0 amide bonds. The Morgan fingerprint density at radius 3 is 2.58 bits per heavy atom. The molecule has 0 bridgehead atoms. The van der Waals surface area contributed by atoms with Crippen LogP contribution in [0.1, 0.15) is 0 Å². The van der Waals surface area contributed by atoms with Gasteiger partial charge >= 0.3 is 0 Å². The van der Waals surface area contributed by atoms with Crippen LogP contribution in [0.5, 0.6) is 5.75 Å². The third kappa shape index (κ3) is 1.14. The van der Waals surface area contributed by atoms with E-state index in [1.807, 2.05) is 0 Å². The van der Waals surface area contributed by atoms with E-state index in [0.29, 0.717) is 5.82 Å². The van der Waals surface area contributed by atoms with E-state index in [-0.39, 0.29) is 5.75 Å². The Labute approximate surface area is 68.9 Å². The van der Waals surface area contributed by atoms with Crippen molar-refractivity contribution in [1.29, 1.82) is 0 Å². The number of phenols is 1. The van der Waals surface area contributed by atoms with E-state index in [1.54, 1.807) is 24.3 Å². The SMILES string of the molecule is Oc1ccc(-c2n[c]n[nH]2)cc1. The van der Waals surface area contributed by atoms with Crippen molar-refractivity contribution in [2.45, 2.75) is 0 Å². The number of nitrogens with zero attached hydrogens (tertiary/aromatic N) is 2. The summed E-state index contributed by atoms with van der Waals surface area (Å²) in [5.74, 6) is 0.886. The lowest BCUT2D eigenvalue weighted by Gasteiger charge is -1.94. The average Bonchev–Trinajstić information content (AvgIpc) is 2.58. The highest BCUT2D eigenvalue weighted by atomic mass is 16.3. The molecule has 1 aromatic carbocycles. The number of H-pyrrole nitrogens is 1. The van der Waals surface area contributed by atoms with E-state index in [1.165, 1.54) is 0 Å². The quantitative estimate of drug-likeness (QED) is 0.653. The van der Waals surface area contributed by atoms with Crippen molar-refractivity contribution in [3.05, 3.63) is 30.6 Å². The summed E-state index contributed by atoms with van der Waals surface area (Å²) in [5, 5.41) is 15.3. The molecule has 2 rings (SSSR count). The van der Waals surface area contributed by atoms with Crippen LogP contribution in [-0.2, 0) is 0 Å². The Hall–Kier alpha value is -1.84. The molecule has 0 aliphatic heterocycles. The first-order valence-electron chi connectivity index (χ1n) is 3.44. The lowest BCUT2D eigenvalue weighted by Crippen LogP contribution is -1.78. The molecule has 0 saturated carbocycles. The minimum absolute atomic E-state index is 0.238. The molecule has 4 nitrogen and oxygen atoms in total. The smallest absolute Gasteiger partial charge is 0.221 e. The number of aromatic amines is 1. The van der Waals surface area contributed by atoms with Gasteiger partial charge in [-0.3, -0.25) is 5.10 Å². The van der Waals surface area contributed by atoms with E-state index >= 15 is 0 Å². The van der Waals surface area contributed by atoms with E-state index in [2.05, 4.69) is 21.5 Å². The second-order valence-corrected chi connectivity index (χ2v) is 2.33. The fourth-order valence-electron chi connectivity index (χ4n) is 0.926. The summed E-state index contributed by atoms with van der Waals surface area (Å²) in [6, 6.07) is 6.70. The molecule has 0 saturated heterocycles. The average molecular weight is 160 g/mol. The Bertz CT molecular complexity index is 352. The van der Waals surface area contributed by atoms with E-state index in [9.17, 15) is 0 Å². The molecular weight excluding hydrogens is 154 g/mol. The molecule has 1 aromatic heterocycles. The minimum Gasteiger partial charge on any atom is -0.508 e. The van der Waals surface area contributed by atoms with Crippen LogP contribution in [0.15, 0.2) is 24.3 Å². The van der Waals surface area contributed by atoms with Gasteiger partial charge in [0, 0.05) is 5.56 Å². The summed E-state index contributed by atoms with van der Waals surface area (Å²) in [4.78, 5) is 3.84. The largest absolute Gasteiger partial charge is 0.508 e. The fraction of sp³-hybridized carbons (Fsp3) is 0. The number of aromatic nitrogens is 3. The zero-order chi connectivity index (χ0) is 8.39. The van der Waals surface area contributed by atoms with Crippen LogP contribution in [0.3, 0.4) is 0 Å². The molecule has 0 atom stereocenters. The first-order valence-corrected chi connectivity index (χ1v) is 3.44. The predicted octanol–water partition coefficient (Wildman–Crippen LogP) is 0.977. The topological polar surface area (TPSA) is 61.8 Å². The van der Waals surface area contributed by atoms with Gasteiger partial charge in [-0.1, -0.05) is 0 Å². The van der Waals surface area contributed by atoms with Crippen LogP contribution in [0.25, 0.3) is 11.4 Å². The second kappa shape index (κ2) is 2.65. The first-order chi connectivity index (χ1) is 5.86. The maximum Gasteiger partial charge on any atom is 0.221 e. The highest BCUT2D eigenvalue weighted by molar-refractivity contribution is 5.55. The number of rotatable bonds is 1. The number of aromatic hydroxyl groups is 1. The summed E-state index contributed by atoms with van der Waals surface area (Å²) in [5.41, 5.74) is 0.876. The lowest BCUT2D eigenvalue weighted by atomic mass is 10.2. The van der Waals surface area contributed by atoms with Crippen LogP contribution >= 0.6 is 0 Å². The van der Waals surface area contributed by atoms with Crippen molar-refractivity contribution in [2.24, 2.45) is 0 Å². The molecule has 2 aromatic rings. The van der Waals surface area contributed by atoms with Crippen LogP contribution in [0.2, 0.25) is 0 Å². The number of hydrogen-bond acceptors (Lipinski definition) is 3. The Kier molecular flexibility index (Phi) is 1.51. The Balaban J connectivity index is 2.43. The third-order valence-electron chi connectivity index (χ3n) is 1.51. The van der Waals surface area contributed by atoms with Crippen molar-refractivity contribution < 1.29 is 5.11 Å². The van der Waals surface area contributed by atoms with Gasteiger partial charge in [0.2, 0.25) is 6.33 Å². The van der Waals surface area contributed by atoms with Gasteiger partial charge in [0.25, 0.3) is 0 Å². The maximum absolute atomic E-state index is 9.00. The van der Waals surface area contributed by atoms with Crippen molar-refractivity contribution >= 4 is 0 Å². The summed E-state index contributed by atoms with van der Waals surface area (Å²) in [7, 11) is 0. The number of nitrogens with one attached hydrogen (secondary N) is 1. The Morgan fingerprint density at radius 2 is 2.00 bits per heavy atom. The van der Waals surface area contributed by atoms with Gasteiger partial charge < -0.3 is 5.11 Å². The van der Waals surface area contributed by atoms with E-state index < -0.39 is 0 Å². The molecule has 0 aliphatic carbocycles. The van der Waals surface area contributed by atoms with Gasteiger partial charge in [0.05, 0.1) is 0 Å². The van der Waals surface area contributed by atoms with Crippen molar-refractivity contribution in [3.63, 3.8) is 0 Å². The summed E-state index contributed by atoms with van der Waals surface area (Å²) in [6.07, 6.45) is 2.42. The van der Waals surface area contributed by atoms with Gasteiger partial charge in [-0.05, 0) is 24.3 Å². The zero-order valence-electron chi connectivity index (χ0n) is 6.15. The monoisotopic (exact) mass is 160 g/mol. The molecule has 1 heterocycles.